The zero-order valence-electron chi connectivity index (χ0n) is 36.0. The maximum atomic E-state index is 6.47. The molecule has 0 unspecified atom stereocenters. The third-order valence-corrected chi connectivity index (χ3v) is 13.4. The number of fused-ring (bicyclic) bond motifs is 9. The van der Waals surface area contributed by atoms with Crippen molar-refractivity contribution in [2.45, 2.75) is 0 Å². The van der Waals surface area contributed by atoms with Crippen LogP contribution in [0.4, 0.5) is 0 Å². The molecule has 0 atom stereocenters. The third kappa shape index (κ3) is 5.86. The molecule has 0 saturated carbocycles. The maximum Gasteiger partial charge on any atom is 0.235 e. The first-order chi connectivity index (χ1) is 33.2. The Morgan fingerprint density at radius 3 is 1.85 bits per heavy atom. The van der Waals surface area contributed by atoms with Crippen LogP contribution in [0.3, 0.4) is 0 Å². The molecule has 0 spiro atoms. The molecular weight excluding hydrogens is 819 g/mol. The van der Waals surface area contributed by atoms with Crippen molar-refractivity contribution in [1.82, 2.24) is 24.1 Å². The van der Waals surface area contributed by atoms with E-state index in [9.17, 15) is 0 Å². The minimum Gasteiger partial charge on any atom is -0.436 e. The van der Waals surface area contributed by atoms with Crippen LogP contribution < -0.4 is 0 Å². The van der Waals surface area contributed by atoms with Gasteiger partial charge in [-0.3, -0.25) is 4.57 Å². The van der Waals surface area contributed by atoms with E-state index in [0.29, 0.717) is 11.8 Å². The van der Waals surface area contributed by atoms with Gasteiger partial charge in [0, 0.05) is 49.3 Å². The van der Waals surface area contributed by atoms with Crippen molar-refractivity contribution in [3.63, 3.8) is 0 Å². The molecule has 0 aliphatic carbocycles. The molecule has 0 aliphatic rings. The summed E-state index contributed by atoms with van der Waals surface area (Å²) in [5, 5.41) is 7.95. The first kappa shape index (κ1) is 37.3. The molecule has 14 aromatic rings. The lowest BCUT2D eigenvalue weighted by Gasteiger charge is -2.14. The minimum atomic E-state index is 0.607. The second-order valence-electron chi connectivity index (χ2n) is 17.2. The molecule has 0 bridgehead atoms. The molecule has 0 radical (unpaired) electrons. The molecule has 4 heterocycles. The molecule has 0 N–H and O–H groups in total. The Bertz CT molecular complexity index is 4250. The van der Waals surface area contributed by atoms with Gasteiger partial charge in [0.05, 0.1) is 33.3 Å². The Morgan fingerprint density at radius 2 is 0.985 bits per heavy atom. The summed E-state index contributed by atoms with van der Waals surface area (Å²) in [4.78, 5) is 15.8. The van der Waals surface area contributed by atoms with Crippen LogP contribution in [0.1, 0.15) is 0 Å². The van der Waals surface area contributed by atoms with Crippen LogP contribution >= 0.6 is 0 Å². The van der Waals surface area contributed by atoms with Gasteiger partial charge in [0.2, 0.25) is 11.8 Å². The van der Waals surface area contributed by atoms with E-state index in [2.05, 4.69) is 203 Å². The van der Waals surface area contributed by atoms with Gasteiger partial charge in [0.15, 0.2) is 5.58 Å². The van der Waals surface area contributed by atoms with Gasteiger partial charge >= 0.3 is 0 Å². The summed E-state index contributed by atoms with van der Waals surface area (Å²) in [7, 11) is 0. The van der Waals surface area contributed by atoms with E-state index in [4.69, 9.17) is 19.4 Å². The summed E-state index contributed by atoms with van der Waals surface area (Å²) in [6.07, 6.45) is 0. The highest BCUT2D eigenvalue weighted by Crippen LogP contribution is 2.42. The van der Waals surface area contributed by atoms with Crippen molar-refractivity contribution in [2.24, 2.45) is 0 Å². The number of benzene rings is 10. The largest absolute Gasteiger partial charge is 0.436 e. The van der Waals surface area contributed by atoms with Crippen LogP contribution in [0.5, 0.6) is 0 Å². The van der Waals surface area contributed by atoms with Gasteiger partial charge in [-0.05, 0) is 88.1 Å². The van der Waals surface area contributed by atoms with Crippen molar-refractivity contribution in [3.05, 3.63) is 224 Å². The van der Waals surface area contributed by atoms with Gasteiger partial charge < -0.3 is 8.98 Å². The van der Waals surface area contributed by atoms with Gasteiger partial charge in [-0.25, -0.2) is 15.0 Å². The van der Waals surface area contributed by atoms with E-state index in [1.54, 1.807) is 0 Å². The summed E-state index contributed by atoms with van der Waals surface area (Å²) in [5.74, 6) is 1.23. The molecule has 0 saturated heterocycles. The Morgan fingerprint density at radius 1 is 0.343 bits per heavy atom. The van der Waals surface area contributed by atoms with Crippen molar-refractivity contribution in [1.29, 1.82) is 0 Å². The number of hydrogen-bond donors (Lipinski definition) is 0. The maximum absolute atomic E-state index is 6.47. The molecule has 14 rings (SSSR count). The number of nitrogens with zero attached hydrogens (tertiary/aromatic N) is 5. The Labute approximate surface area is 384 Å². The summed E-state index contributed by atoms with van der Waals surface area (Å²) in [6.45, 7) is 0. The first-order valence-corrected chi connectivity index (χ1v) is 22.6. The molecule has 0 aliphatic heterocycles. The van der Waals surface area contributed by atoms with Crippen LogP contribution in [-0.4, -0.2) is 24.1 Å². The van der Waals surface area contributed by atoms with Crippen LogP contribution in [0.25, 0.3) is 133 Å². The fourth-order valence-electron chi connectivity index (χ4n) is 10.3. The number of aromatic nitrogens is 5. The Kier molecular flexibility index (Phi) is 8.18. The topological polar surface area (TPSA) is 61.7 Å². The molecule has 0 fully saturated rings. The monoisotopic (exact) mass is 855 g/mol. The van der Waals surface area contributed by atoms with Crippen molar-refractivity contribution >= 4 is 76.4 Å². The van der Waals surface area contributed by atoms with Gasteiger partial charge in [0.1, 0.15) is 5.52 Å². The lowest BCUT2D eigenvalue weighted by Crippen LogP contribution is -2.04. The number of para-hydroxylation sites is 4. The fourth-order valence-corrected chi connectivity index (χ4v) is 10.3. The Hall–Kier alpha value is -9.13. The predicted octanol–water partition coefficient (Wildman–Crippen LogP) is 15.8. The van der Waals surface area contributed by atoms with E-state index < -0.39 is 0 Å². The lowest BCUT2D eigenvalue weighted by molar-refractivity contribution is 0.620. The molecule has 67 heavy (non-hydrogen) atoms. The van der Waals surface area contributed by atoms with Crippen molar-refractivity contribution < 1.29 is 4.42 Å². The molecule has 312 valence electrons. The summed E-state index contributed by atoms with van der Waals surface area (Å²) >= 11 is 0. The average molecular weight is 856 g/mol. The second-order valence-corrected chi connectivity index (χ2v) is 17.2. The van der Waals surface area contributed by atoms with Crippen LogP contribution in [-0.2, 0) is 0 Å². The fraction of sp³-hybridized carbons (Fsp3) is 0. The molecule has 0 amide bonds. The Balaban J connectivity index is 0.976. The standard InChI is InChI=1S/C61H37N5O/c1-3-16-41(17-4-1)60-62-53-37-56-51(36-57(53)67-60)50-35-42(33-34-55(50)65(56)43-19-5-2-6-20-43)46-25-14-26-48-47-22-10-12-28-54(47)66(59(46)48)61-63-52-27-11-9-23-49(52)58(64-61)40-31-29-39(30-32-40)45-24-13-18-38-15-7-8-21-44(38)45/h1-37H. The summed E-state index contributed by atoms with van der Waals surface area (Å²) in [6, 6.07) is 79.2. The van der Waals surface area contributed by atoms with E-state index in [1.807, 2.05) is 30.3 Å². The highest BCUT2D eigenvalue weighted by Gasteiger charge is 2.22. The average Bonchev–Trinajstić information content (AvgIpc) is 4.07. The number of oxazole rings is 1. The number of hydrogen-bond acceptors (Lipinski definition) is 4. The van der Waals surface area contributed by atoms with Crippen molar-refractivity contribution in [2.75, 3.05) is 0 Å². The smallest absolute Gasteiger partial charge is 0.235 e. The van der Waals surface area contributed by atoms with Crippen LogP contribution in [0, 0.1) is 0 Å². The van der Waals surface area contributed by atoms with Crippen molar-refractivity contribution in [3.8, 4) is 56.6 Å². The molecule has 6 heteroatoms. The van der Waals surface area contributed by atoms with Gasteiger partial charge in [-0.2, -0.15) is 0 Å². The lowest BCUT2D eigenvalue weighted by atomic mass is 9.96. The minimum absolute atomic E-state index is 0.607. The predicted molar refractivity (Wildman–Crippen MR) is 275 cm³/mol. The quantitative estimate of drug-likeness (QED) is 0.167. The molecular formula is C61H37N5O. The zero-order chi connectivity index (χ0) is 44.0. The second kappa shape index (κ2) is 14.7. The summed E-state index contributed by atoms with van der Waals surface area (Å²) < 4.78 is 11.1. The van der Waals surface area contributed by atoms with Crippen LogP contribution in [0.2, 0.25) is 0 Å². The van der Waals surface area contributed by atoms with Gasteiger partial charge in [0.25, 0.3) is 0 Å². The van der Waals surface area contributed by atoms with E-state index >= 15 is 0 Å². The number of rotatable bonds is 6. The first-order valence-electron chi connectivity index (χ1n) is 22.6. The molecule has 10 aromatic carbocycles. The third-order valence-electron chi connectivity index (χ3n) is 13.4. The van der Waals surface area contributed by atoms with Crippen LogP contribution in [0.15, 0.2) is 229 Å². The zero-order valence-corrected chi connectivity index (χ0v) is 36.0. The highest BCUT2D eigenvalue weighted by atomic mass is 16.3. The molecule has 4 aromatic heterocycles. The van der Waals surface area contributed by atoms with Gasteiger partial charge in [-0.1, -0.05) is 164 Å². The van der Waals surface area contributed by atoms with Gasteiger partial charge in [-0.15, -0.1) is 0 Å². The highest BCUT2D eigenvalue weighted by molar-refractivity contribution is 6.17. The SMILES string of the molecule is c1ccc(-c2nc3cc4c(cc3o2)c2cc(-c3cccc5c6ccccc6n(-c6nc(-c7ccc(-c8cccc9ccccc89)cc7)c7ccccc7n6)c35)ccc2n4-c2ccccc2)cc1. The van der Waals surface area contributed by atoms with E-state index in [1.165, 1.54) is 16.3 Å². The van der Waals surface area contributed by atoms with E-state index in [0.717, 1.165) is 105 Å². The normalized spacial score (nSPS) is 11.9. The molecule has 6 nitrogen and oxygen atoms in total. The van der Waals surface area contributed by atoms with E-state index in [-0.39, 0.29) is 0 Å². The summed E-state index contributed by atoms with van der Waals surface area (Å²) in [5.41, 5.74) is 15.2.